The Morgan fingerprint density at radius 2 is 1.93 bits per heavy atom. The molecule has 1 rings (SSSR count). The molecular weight excluding hydrogens is 191 g/mol. The van der Waals surface area contributed by atoms with E-state index in [0.29, 0.717) is 12.2 Å². The molecule has 0 fully saturated rings. The third-order valence-corrected chi connectivity index (χ3v) is 2.09. The van der Waals surface area contributed by atoms with Gasteiger partial charge in [-0.1, -0.05) is 30.3 Å². The fourth-order valence-electron chi connectivity index (χ4n) is 1.23. The molecule has 0 radical (unpaired) electrons. The lowest BCUT2D eigenvalue weighted by molar-refractivity contribution is -0.141. The fourth-order valence-corrected chi connectivity index (χ4v) is 1.23. The van der Waals surface area contributed by atoms with E-state index in [-0.39, 0.29) is 5.78 Å². The Bertz CT molecular complexity index is 348. The van der Waals surface area contributed by atoms with E-state index in [4.69, 9.17) is 4.74 Å². The Hall–Kier alpha value is -1.58. The normalized spacial score (nSPS) is 11.8. The van der Waals surface area contributed by atoms with Gasteiger partial charge in [0.25, 0.3) is 0 Å². The molecule has 0 aliphatic heterocycles. The molecule has 1 atom stereocenters. The maximum atomic E-state index is 11.8. The zero-order valence-corrected chi connectivity index (χ0v) is 8.90. The number of benzene rings is 1. The predicted octanol–water partition coefficient (Wildman–Crippen LogP) is 0.854. The average Bonchev–Trinajstić information content (AvgIpc) is 2.28. The molecule has 1 aromatic carbocycles. The second kappa shape index (κ2) is 5.34. The van der Waals surface area contributed by atoms with Crippen LogP contribution in [0, 0.1) is 0 Å². The molecule has 0 spiro atoms. The summed E-state index contributed by atoms with van der Waals surface area (Å²) in [5.41, 5.74) is 0.540. The monoisotopic (exact) mass is 204 g/mol. The Labute approximate surface area is 89.8 Å². The van der Waals surface area contributed by atoms with Crippen molar-refractivity contribution in [2.75, 3.05) is 6.61 Å². The van der Waals surface area contributed by atoms with E-state index in [9.17, 15) is 9.59 Å². The maximum absolute atomic E-state index is 11.8. The topological polar surface area (TPSA) is 43.4 Å². The second-order valence-corrected chi connectivity index (χ2v) is 3.20. The van der Waals surface area contributed by atoms with Crippen molar-refractivity contribution in [1.29, 1.82) is 0 Å². The van der Waals surface area contributed by atoms with Crippen LogP contribution in [-0.4, -0.2) is 26.2 Å². The lowest BCUT2D eigenvalue weighted by atomic mass is 9.81. The third-order valence-electron chi connectivity index (χ3n) is 2.09. The Morgan fingerprint density at radius 1 is 1.33 bits per heavy atom. The molecule has 4 heteroatoms. The molecule has 0 amide bonds. The highest BCUT2D eigenvalue weighted by molar-refractivity contribution is 6.38. The molecule has 0 bridgehead atoms. The molecule has 1 aromatic rings. The summed E-state index contributed by atoms with van der Waals surface area (Å²) in [7, 11) is 1.56. The molecule has 0 aliphatic carbocycles. The van der Waals surface area contributed by atoms with Crippen molar-refractivity contribution < 1.29 is 14.3 Å². The van der Waals surface area contributed by atoms with Crippen LogP contribution in [0.1, 0.15) is 17.3 Å². The number of hydrogen-bond donors (Lipinski definition) is 0. The minimum Gasteiger partial charge on any atom is -0.466 e. The number of carbonyl (C=O) groups is 2. The number of carbonyl (C=O) groups excluding carboxylic acids is 2. The summed E-state index contributed by atoms with van der Waals surface area (Å²) in [6, 6.07) is 8.75. The molecule has 0 saturated carbocycles. The van der Waals surface area contributed by atoms with Crippen LogP contribution in [0.3, 0.4) is 0 Å². The predicted molar refractivity (Wildman–Crippen MR) is 59.7 cm³/mol. The zero-order valence-electron chi connectivity index (χ0n) is 8.90. The van der Waals surface area contributed by atoms with Gasteiger partial charge in [0.05, 0.1) is 12.4 Å². The van der Waals surface area contributed by atoms with Gasteiger partial charge in [0.2, 0.25) is 0 Å². The standard InChI is InChI=1S/C11H13BO3/c1-2-15-11(14)9(12)10(13)8-6-4-3-5-7-8/h3-7,9H,2,12H2,1H3. The minimum absolute atomic E-state index is 0.200. The van der Waals surface area contributed by atoms with E-state index in [1.807, 2.05) is 6.07 Å². The van der Waals surface area contributed by atoms with Crippen LogP contribution in [0.2, 0.25) is 5.82 Å². The maximum Gasteiger partial charge on any atom is 0.308 e. The van der Waals surface area contributed by atoms with Crippen molar-refractivity contribution in [3.05, 3.63) is 35.9 Å². The number of rotatable bonds is 4. The van der Waals surface area contributed by atoms with Gasteiger partial charge in [0.15, 0.2) is 5.78 Å². The largest absolute Gasteiger partial charge is 0.466 e. The molecular formula is C11H13BO3. The first-order valence-corrected chi connectivity index (χ1v) is 4.92. The average molecular weight is 204 g/mol. The first kappa shape index (κ1) is 11.5. The van der Waals surface area contributed by atoms with E-state index in [2.05, 4.69) is 0 Å². The minimum atomic E-state index is -0.729. The Kier molecular flexibility index (Phi) is 4.09. The van der Waals surface area contributed by atoms with Crippen LogP contribution >= 0.6 is 0 Å². The quantitative estimate of drug-likeness (QED) is 0.316. The van der Waals surface area contributed by atoms with Gasteiger partial charge in [-0.25, -0.2) is 0 Å². The summed E-state index contributed by atoms with van der Waals surface area (Å²) in [5.74, 6) is -1.40. The van der Waals surface area contributed by atoms with Crippen LogP contribution in [0.5, 0.6) is 0 Å². The smallest absolute Gasteiger partial charge is 0.308 e. The van der Waals surface area contributed by atoms with Gasteiger partial charge in [0, 0.05) is 5.56 Å². The van der Waals surface area contributed by atoms with Crippen molar-refractivity contribution in [3.63, 3.8) is 0 Å². The molecule has 1 unspecified atom stereocenters. The first-order chi connectivity index (χ1) is 7.16. The zero-order chi connectivity index (χ0) is 11.3. The number of ketones is 1. The number of ether oxygens (including phenoxy) is 1. The molecule has 0 aromatic heterocycles. The van der Waals surface area contributed by atoms with Crippen molar-refractivity contribution in [2.45, 2.75) is 12.7 Å². The molecule has 0 heterocycles. The summed E-state index contributed by atoms with van der Waals surface area (Å²) in [6.07, 6.45) is 0. The van der Waals surface area contributed by atoms with Gasteiger partial charge in [-0.3, -0.25) is 9.59 Å². The highest BCUT2D eigenvalue weighted by Crippen LogP contribution is 2.12. The number of Topliss-reactive ketones (excluding diaryl/α,β-unsaturated/α-hetero) is 1. The number of esters is 1. The van der Waals surface area contributed by atoms with E-state index in [1.165, 1.54) is 0 Å². The van der Waals surface area contributed by atoms with E-state index >= 15 is 0 Å². The SMILES string of the molecule is BC(C(=O)OCC)C(=O)c1ccccc1. The van der Waals surface area contributed by atoms with E-state index in [0.717, 1.165) is 0 Å². The molecule has 0 aliphatic rings. The van der Waals surface area contributed by atoms with Gasteiger partial charge in [0.1, 0.15) is 7.85 Å². The third kappa shape index (κ3) is 2.94. The van der Waals surface area contributed by atoms with Crippen LogP contribution < -0.4 is 0 Å². The first-order valence-electron chi connectivity index (χ1n) is 4.92. The Morgan fingerprint density at radius 3 is 2.47 bits per heavy atom. The lowest BCUT2D eigenvalue weighted by Gasteiger charge is -2.09. The van der Waals surface area contributed by atoms with Gasteiger partial charge in [-0.05, 0) is 6.92 Å². The molecule has 15 heavy (non-hydrogen) atoms. The van der Waals surface area contributed by atoms with Gasteiger partial charge in [-0.15, -0.1) is 0 Å². The van der Waals surface area contributed by atoms with Crippen LogP contribution in [-0.2, 0) is 9.53 Å². The van der Waals surface area contributed by atoms with Gasteiger partial charge in [-0.2, -0.15) is 0 Å². The molecule has 0 saturated heterocycles. The molecule has 78 valence electrons. The van der Waals surface area contributed by atoms with Crippen molar-refractivity contribution in [3.8, 4) is 0 Å². The van der Waals surface area contributed by atoms with Gasteiger partial charge < -0.3 is 4.74 Å². The summed E-state index contributed by atoms with van der Waals surface area (Å²) < 4.78 is 4.79. The van der Waals surface area contributed by atoms with Crippen molar-refractivity contribution in [1.82, 2.24) is 0 Å². The summed E-state index contributed by atoms with van der Waals surface area (Å²) >= 11 is 0. The molecule has 0 N–H and O–H groups in total. The van der Waals surface area contributed by atoms with Crippen molar-refractivity contribution >= 4 is 19.6 Å². The van der Waals surface area contributed by atoms with Crippen LogP contribution in [0.15, 0.2) is 30.3 Å². The van der Waals surface area contributed by atoms with E-state index < -0.39 is 11.8 Å². The van der Waals surface area contributed by atoms with Gasteiger partial charge >= 0.3 is 5.97 Å². The number of hydrogen-bond acceptors (Lipinski definition) is 3. The highest BCUT2D eigenvalue weighted by Gasteiger charge is 2.23. The highest BCUT2D eigenvalue weighted by atomic mass is 16.5. The van der Waals surface area contributed by atoms with Crippen molar-refractivity contribution in [2.24, 2.45) is 0 Å². The van der Waals surface area contributed by atoms with Crippen LogP contribution in [0.25, 0.3) is 0 Å². The summed E-state index contributed by atoms with van der Waals surface area (Å²) in [4.78, 5) is 23.1. The van der Waals surface area contributed by atoms with E-state index in [1.54, 1.807) is 39.0 Å². The fraction of sp³-hybridized carbons (Fsp3) is 0.273. The second-order valence-electron chi connectivity index (χ2n) is 3.20. The van der Waals surface area contributed by atoms with Crippen LogP contribution in [0.4, 0.5) is 0 Å². The molecule has 3 nitrogen and oxygen atoms in total. The Balaban J connectivity index is 2.73. The lowest BCUT2D eigenvalue weighted by Crippen LogP contribution is -2.21. The summed E-state index contributed by atoms with van der Waals surface area (Å²) in [6.45, 7) is 2.02. The summed E-state index contributed by atoms with van der Waals surface area (Å²) in [5, 5.41) is 0.